The minimum Gasteiger partial charge on any atom is -0.480 e. The van der Waals surface area contributed by atoms with Gasteiger partial charge in [-0.25, -0.2) is 4.98 Å². The Morgan fingerprint density at radius 2 is 2.29 bits per heavy atom. The molecule has 0 aliphatic rings. The number of aromatic amines is 1. The molecule has 0 saturated heterocycles. The predicted octanol–water partition coefficient (Wildman–Crippen LogP) is 0.537. The van der Waals surface area contributed by atoms with Crippen molar-refractivity contribution in [2.45, 2.75) is 6.92 Å². The molecule has 0 aromatic carbocycles. The lowest BCUT2D eigenvalue weighted by atomic mass is 10.1. The first kappa shape index (κ1) is 14.5. The molecule has 0 radical (unpaired) electrons. The van der Waals surface area contributed by atoms with Crippen molar-refractivity contribution >= 4 is 23.0 Å². The van der Waals surface area contributed by atoms with Crippen LogP contribution in [0.2, 0.25) is 0 Å². The zero-order valence-corrected chi connectivity index (χ0v) is 11.3. The molecule has 21 heavy (non-hydrogen) atoms. The minimum absolute atomic E-state index is 0.0134. The molecule has 0 fully saturated rings. The van der Waals surface area contributed by atoms with Gasteiger partial charge < -0.3 is 19.4 Å². The van der Waals surface area contributed by atoms with Crippen molar-refractivity contribution in [1.82, 2.24) is 14.9 Å². The first-order valence-electron chi connectivity index (χ1n) is 6.04. The Labute approximate surface area is 118 Å². The van der Waals surface area contributed by atoms with Gasteiger partial charge in [0.1, 0.15) is 17.7 Å². The SMILES string of the molecule is C=CCN(CC(=O)O)C(=O)c1c(C)oc2nc[nH]c(=O)c12. The van der Waals surface area contributed by atoms with Gasteiger partial charge >= 0.3 is 5.97 Å². The standard InChI is InChI=1S/C13H13N3O5/c1-3-4-16(5-8(17)18)13(20)9-7(2)21-12-10(9)11(19)14-6-15-12/h3,6H,1,4-5H2,2H3,(H,17,18)(H,14,15,19). The summed E-state index contributed by atoms with van der Waals surface area (Å²) in [5, 5.41) is 8.88. The average molecular weight is 291 g/mol. The largest absolute Gasteiger partial charge is 0.480 e. The third-order valence-corrected chi connectivity index (χ3v) is 2.85. The monoisotopic (exact) mass is 291 g/mol. The molecule has 1 amide bonds. The van der Waals surface area contributed by atoms with Gasteiger partial charge in [-0.05, 0) is 6.92 Å². The molecule has 0 atom stereocenters. The Balaban J connectivity index is 2.56. The summed E-state index contributed by atoms with van der Waals surface area (Å²) in [6.07, 6.45) is 2.57. The second-order valence-electron chi connectivity index (χ2n) is 4.31. The number of nitrogens with zero attached hydrogens (tertiary/aromatic N) is 2. The molecule has 8 nitrogen and oxygen atoms in total. The molecule has 2 heterocycles. The lowest BCUT2D eigenvalue weighted by Gasteiger charge is -2.18. The lowest BCUT2D eigenvalue weighted by Crippen LogP contribution is -2.36. The third kappa shape index (κ3) is 2.69. The maximum Gasteiger partial charge on any atom is 0.323 e. The van der Waals surface area contributed by atoms with Crippen LogP contribution in [-0.2, 0) is 4.79 Å². The summed E-state index contributed by atoms with van der Waals surface area (Å²) in [6.45, 7) is 4.53. The van der Waals surface area contributed by atoms with Gasteiger partial charge in [-0.3, -0.25) is 14.4 Å². The topological polar surface area (TPSA) is 116 Å². The van der Waals surface area contributed by atoms with Gasteiger partial charge in [-0.1, -0.05) is 6.08 Å². The van der Waals surface area contributed by atoms with Crippen LogP contribution in [0.5, 0.6) is 0 Å². The van der Waals surface area contributed by atoms with Gasteiger partial charge in [-0.2, -0.15) is 0 Å². The van der Waals surface area contributed by atoms with Crippen LogP contribution in [0.3, 0.4) is 0 Å². The van der Waals surface area contributed by atoms with Gasteiger partial charge in [0, 0.05) is 6.54 Å². The van der Waals surface area contributed by atoms with E-state index >= 15 is 0 Å². The first-order valence-corrected chi connectivity index (χ1v) is 6.04. The fraction of sp³-hybridized carbons (Fsp3) is 0.231. The highest BCUT2D eigenvalue weighted by Crippen LogP contribution is 2.22. The van der Waals surface area contributed by atoms with Crippen molar-refractivity contribution in [3.8, 4) is 0 Å². The number of fused-ring (bicyclic) bond motifs is 1. The van der Waals surface area contributed by atoms with Crippen LogP contribution in [0.4, 0.5) is 0 Å². The predicted molar refractivity (Wildman–Crippen MR) is 73.1 cm³/mol. The molecule has 0 aliphatic carbocycles. The smallest absolute Gasteiger partial charge is 0.323 e. The zero-order valence-electron chi connectivity index (χ0n) is 11.3. The Hall–Kier alpha value is -2.90. The number of aromatic nitrogens is 2. The van der Waals surface area contributed by atoms with Crippen LogP contribution < -0.4 is 5.56 Å². The summed E-state index contributed by atoms with van der Waals surface area (Å²) in [7, 11) is 0. The van der Waals surface area contributed by atoms with Crippen LogP contribution in [0.1, 0.15) is 16.1 Å². The Morgan fingerprint density at radius 1 is 1.57 bits per heavy atom. The lowest BCUT2D eigenvalue weighted by molar-refractivity contribution is -0.137. The number of carbonyl (C=O) groups is 2. The average Bonchev–Trinajstić information content (AvgIpc) is 2.74. The molecule has 0 unspecified atom stereocenters. The highest BCUT2D eigenvalue weighted by molar-refractivity contribution is 6.06. The molecular weight excluding hydrogens is 278 g/mol. The minimum atomic E-state index is -1.16. The van der Waals surface area contributed by atoms with Gasteiger partial charge in [0.25, 0.3) is 11.5 Å². The van der Waals surface area contributed by atoms with Crippen molar-refractivity contribution < 1.29 is 19.1 Å². The number of furan rings is 1. The summed E-state index contributed by atoms with van der Waals surface area (Å²) in [4.78, 5) is 42.5. The number of H-pyrrole nitrogens is 1. The molecule has 2 rings (SSSR count). The number of carboxylic acid groups (broad SMARTS) is 1. The van der Waals surface area contributed by atoms with Gasteiger partial charge in [0.15, 0.2) is 0 Å². The van der Waals surface area contributed by atoms with Crippen molar-refractivity contribution in [2.75, 3.05) is 13.1 Å². The highest BCUT2D eigenvalue weighted by atomic mass is 16.4. The third-order valence-electron chi connectivity index (χ3n) is 2.85. The first-order chi connectivity index (χ1) is 9.95. The summed E-state index contributed by atoms with van der Waals surface area (Å²) in [6, 6.07) is 0. The number of carboxylic acids is 1. The van der Waals surface area contributed by atoms with E-state index in [9.17, 15) is 14.4 Å². The van der Waals surface area contributed by atoms with Crippen LogP contribution in [-0.4, -0.2) is 44.9 Å². The molecule has 0 aliphatic heterocycles. The number of aliphatic carboxylic acids is 1. The van der Waals surface area contributed by atoms with E-state index in [4.69, 9.17) is 9.52 Å². The number of carbonyl (C=O) groups excluding carboxylic acids is 1. The second kappa shape index (κ2) is 5.61. The molecule has 8 heteroatoms. The van der Waals surface area contributed by atoms with Crippen molar-refractivity contribution in [3.63, 3.8) is 0 Å². The van der Waals surface area contributed by atoms with E-state index in [-0.39, 0.29) is 29.0 Å². The summed E-state index contributed by atoms with van der Waals surface area (Å²) in [5.41, 5.74) is -0.468. The normalized spacial score (nSPS) is 10.5. The van der Waals surface area contributed by atoms with E-state index in [1.54, 1.807) is 0 Å². The van der Waals surface area contributed by atoms with E-state index in [0.717, 1.165) is 4.90 Å². The highest BCUT2D eigenvalue weighted by Gasteiger charge is 2.26. The van der Waals surface area contributed by atoms with Crippen LogP contribution in [0.25, 0.3) is 11.1 Å². The molecule has 0 bridgehead atoms. The van der Waals surface area contributed by atoms with E-state index in [1.807, 2.05) is 0 Å². The van der Waals surface area contributed by atoms with E-state index in [2.05, 4.69) is 16.5 Å². The second-order valence-corrected chi connectivity index (χ2v) is 4.31. The number of rotatable bonds is 5. The van der Waals surface area contributed by atoms with Crippen molar-refractivity contribution in [3.05, 3.63) is 40.7 Å². The zero-order chi connectivity index (χ0) is 15.6. The maximum atomic E-state index is 12.5. The maximum absolute atomic E-state index is 12.5. The number of aryl methyl sites for hydroxylation is 1. The molecule has 2 N–H and O–H groups in total. The molecule has 0 spiro atoms. The van der Waals surface area contributed by atoms with Gasteiger partial charge in [0.2, 0.25) is 5.71 Å². The van der Waals surface area contributed by atoms with Gasteiger partial charge in [-0.15, -0.1) is 6.58 Å². The van der Waals surface area contributed by atoms with Crippen molar-refractivity contribution in [2.24, 2.45) is 0 Å². The Bertz CT molecular complexity index is 774. The van der Waals surface area contributed by atoms with Crippen LogP contribution in [0, 0.1) is 6.92 Å². The Kier molecular flexibility index (Phi) is 3.88. The number of hydrogen-bond donors (Lipinski definition) is 2. The molecule has 0 saturated carbocycles. The number of hydrogen-bond acceptors (Lipinski definition) is 5. The molecule has 2 aromatic heterocycles. The number of amides is 1. The fourth-order valence-electron chi connectivity index (χ4n) is 2.01. The molecular formula is C13H13N3O5. The molecule has 2 aromatic rings. The Morgan fingerprint density at radius 3 is 2.90 bits per heavy atom. The summed E-state index contributed by atoms with van der Waals surface area (Å²) >= 11 is 0. The van der Waals surface area contributed by atoms with Crippen LogP contribution >= 0.6 is 0 Å². The van der Waals surface area contributed by atoms with E-state index in [1.165, 1.54) is 19.3 Å². The van der Waals surface area contributed by atoms with E-state index < -0.39 is 24.0 Å². The number of nitrogens with one attached hydrogen (secondary N) is 1. The van der Waals surface area contributed by atoms with Gasteiger partial charge in [0.05, 0.1) is 11.9 Å². The van der Waals surface area contributed by atoms with Crippen molar-refractivity contribution in [1.29, 1.82) is 0 Å². The van der Waals surface area contributed by atoms with Crippen LogP contribution in [0.15, 0.2) is 28.2 Å². The fourth-order valence-corrected chi connectivity index (χ4v) is 2.01. The molecule has 110 valence electrons. The summed E-state index contributed by atoms with van der Waals surface area (Å²) in [5.74, 6) is -1.58. The van der Waals surface area contributed by atoms with E-state index in [0.29, 0.717) is 0 Å². The summed E-state index contributed by atoms with van der Waals surface area (Å²) < 4.78 is 5.28. The quantitative estimate of drug-likeness (QED) is 0.776.